The molecular weight excluding hydrogens is 164 g/mol. The van der Waals surface area contributed by atoms with Crippen molar-refractivity contribution in [2.24, 2.45) is 0 Å². The second-order valence-corrected chi connectivity index (χ2v) is 3.29. The highest BCUT2D eigenvalue weighted by atomic mass is 16.3. The lowest BCUT2D eigenvalue weighted by Crippen LogP contribution is -1.92. The van der Waals surface area contributed by atoms with Gasteiger partial charge in [-0.2, -0.15) is 0 Å². The van der Waals surface area contributed by atoms with Gasteiger partial charge in [-0.05, 0) is 36.1 Å². The maximum absolute atomic E-state index is 10.5. The third-order valence-corrected chi connectivity index (χ3v) is 2.28. The molecule has 0 aromatic heterocycles. The van der Waals surface area contributed by atoms with Crippen LogP contribution in [0, 0.1) is 0 Å². The maximum Gasteiger partial charge on any atom is 0.150 e. The van der Waals surface area contributed by atoms with E-state index in [-0.39, 0.29) is 5.75 Å². The van der Waals surface area contributed by atoms with Crippen LogP contribution in [0.5, 0.6) is 5.75 Å². The van der Waals surface area contributed by atoms with Gasteiger partial charge in [0.05, 0.1) is 0 Å². The molecule has 0 aliphatic rings. The highest BCUT2D eigenvalue weighted by Gasteiger charge is 2.05. The lowest BCUT2D eigenvalue weighted by Gasteiger charge is -2.09. The molecule has 0 saturated heterocycles. The Hall–Kier alpha value is -1.31. The molecule has 0 spiro atoms. The molecule has 0 aliphatic carbocycles. The first-order valence-corrected chi connectivity index (χ1v) is 4.46. The summed E-state index contributed by atoms with van der Waals surface area (Å²) in [5.41, 5.74) is 1.56. The van der Waals surface area contributed by atoms with Crippen molar-refractivity contribution in [2.45, 2.75) is 26.2 Å². The average molecular weight is 178 g/mol. The van der Waals surface area contributed by atoms with Crippen molar-refractivity contribution in [1.82, 2.24) is 0 Å². The van der Waals surface area contributed by atoms with E-state index >= 15 is 0 Å². The van der Waals surface area contributed by atoms with E-state index in [1.54, 1.807) is 6.07 Å². The summed E-state index contributed by atoms with van der Waals surface area (Å²) >= 11 is 0. The number of aldehydes is 1. The minimum atomic E-state index is 0.167. The van der Waals surface area contributed by atoms with Gasteiger partial charge in [-0.3, -0.25) is 4.79 Å². The van der Waals surface area contributed by atoms with Crippen LogP contribution in [0.3, 0.4) is 0 Å². The van der Waals surface area contributed by atoms with E-state index < -0.39 is 0 Å². The van der Waals surface area contributed by atoms with Crippen molar-refractivity contribution in [3.8, 4) is 5.75 Å². The minimum Gasteiger partial charge on any atom is -0.508 e. The van der Waals surface area contributed by atoms with E-state index in [2.05, 4.69) is 13.8 Å². The van der Waals surface area contributed by atoms with Crippen LogP contribution in [0.2, 0.25) is 0 Å². The standard InChI is InChI=1S/C11H14O2/c1-3-8(2)10-4-9(7-12)5-11(13)6-10/h4-8,13H,3H2,1-2H3. The molecule has 1 N–H and O–H groups in total. The largest absolute Gasteiger partial charge is 0.508 e. The monoisotopic (exact) mass is 178 g/mol. The van der Waals surface area contributed by atoms with Crippen LogP contribution in [0.15, 0.2) is 18.2 Å². The van der Waals surface area contributed by atoms with Crippen LogP contribution in [0.4, 0.5) is 0 Å². The first-order chi connectivity index (χ1) is 6.17. The quantitative estimate of drug-likeness (QED) is 0.722. The van der Waals surface area contributed by atoms with Gasteiger partial charge in [0.1, 0.15) is 12.0 Å². The topological polar surface area (TPSA) is 37.3 Å². The lowest BCUT2D eigenvalue weighted by molar-refractivity contribution is 0.112. The molecular formula is C11H14O2. The van der Waals surface area contributed by atoms with Crippen molar-refractivity contribution in [2.75, 3.05) is 0 Å². The van der Waals surface area contributed by atoms with Gasteiger partial charge in [0, 0.05) is 5.56 Å². The SMILES string of the molecule is CCC(C)c1cc(O)cc(C=O)c1. The Kier molecular flexibility index (Phi) is 3.07. The molecule has 1 atom stereocenters. The van der Waals surface area contributed by atoms with E-state index in [1.165, 1.54) is 6.07 Å². The maximum atomic E-state index is 10.5. The molecule has 0 heterocycles. The number of carbonyl (C=O) groups is 1. The van der Waals surface area contributed by atoms with Crippen LogP contribution in [0.25, 0.3) is 0 Å². The molecule has 2 heteroatoms. The average Bonchev–Trinajstić information content (AvgIpc) is 2.15. The van der Waals surface area contributed by atoms with Gasteiger partial charge < -0.3 is 5.11 Å². The molecule has 1 aromatic rings. The normalized spacial score (nSPS) is 12.5. The highest BCUT2D eigenvalue weighted by Crippen LogP contribution is 2.23. The summed E-state index contributed by atoms with van der Waals surface area (Å²) in [5, 5.41) is 9.31. The molecule has 13 heavy (non-hydrogen) atoms. The van der Waals surface area contributed by atoms with Gasteiger partial charge in [0.2, 0.25) is 0 Å². The third-order valence-electron chi connectivity index (χ3n) is 2.28. The van der Waals surface area contributed by atoms with Crippen LogP contribution < -0.4 is 0 Å². The molecule has 1 aromatic carbocycles. The van der Waals surface area contributed by atoms with Crippen LogP contribution in [-0.2, 0) is 0 Å². The molecule has 0 radical (unpaired) electrons. The number of hydrogen-bond acceptors (Lipinski definition) is 2. The summed E-state index contributed by atoms with van der Waals surface area (Å²) in [4.78, 5) is 10.5. The molecule has 1 rings (SSSR count). The summed E-state index contributed by atoms with van der Waals surface area (Å²) in [6.07, 6.45) is 1.76. The number of benzene rings is 1. The van der Waals surface area contributed by atoms with Crippen molar-refractivity contribution < 1.29 is 9.90 Å². The van der Waals surface area contributed by atoms with E-state index in [4.69, 9.17) is 0 Å². The molecule has 70 valence electrons. The molecule has 0 bridgehead atoms. The van der Waals surface area contributed by atoms with Gasteiger partial charge in [-0.25, -0.2) is 0 Å². The fraction of sp³-hybridized carbons (Fsp3) is 0.364. The first kappa shape index (κ1) is 9.78. The number of carbonyl (C=O) groups excluding carboxylic acids is 1. The second-order valence-electron chi connectivity index (χ2n) is 3.29. The Morgan fingerprint density at radius 3 is 2.69 bits per heavy atom. The Morgan fingerprint density at radius 2 is 2.15 bits per heavy atom. The highest BCUT2D eigenvalue weighted by molar-refractivity contribution is 5.76. The van der Waals surface area contributed by atoms with E-state index in [0.717, 1.165) is 18.3 Å². The van der Waals surface area contributed by atoms with Crippen LogP contribution in [-0.4, -0.2) is 11.4 Å². The van der Waals surface area contributed by atoms with E-state index in [1.807, 2.05) is 6.07 Å². The van der Waals surface area contributed by atoms with Gasteiger partial charge in [0.25, 0.3) is 0 Å². The van der Waals surface area contributed by atoms with Gasteiger partial charge >= 0.3 is 0 Å². The summed E-state index contributed by atoms with van der Waals surface area (Å²) in [5.74, 6) is 0.547. The predicted octanol–water partition coefficient (Wildman–Crippen LogP) is 2.72. The number of hydrogen-bond donors (Lipinski definition) is 1. The number of phenols is 1. The Morgan fingerprint density at radius 1 is 1.46 bits per heavy atom. The molecule has 0 aliphatic heterocycles. The summed E-state index contributed by atoms with van der Waals surface area (Å²) in [7, 11) is 0. The molecule has 2 nitrogen and oxygen atoms in total. The van der Waals surface area contributed by atoms with Crippen molar-refractivity contribution in [3.05, 3.63) is 29.3 Å². The zero-order valence-corrected chi connectivity index (χ0v) is 7.95. The predicted molar refractivity (Wildman–Crippen MR) is 52.2 cm³/mol. The Balaban J connectivity index is 3.07. The molecule has 0 fully saturated rings. The minimum absolute atomic E-state index is 0.167. The third kappa shape index (κ3) is 2.31. The summed E-state index contributed by atoms with van der Waals surface area (Å²) < 4.78 is 0. The van der Waals surface area contributed by atoms with Gasteiger partial charge in [-0.15, -0.1) is 0 Å². The number of aromatic hydroxyl groups is 1. The van der Waals surface area contributed by atoms with Crippen molar-refractivity contribution in [1.29, 1.82) is 0 Å². The molecule has 0 amide bonds. The van der Waals surface area contributed by atoms with Crippen molar-refractivity contribution >= 4 is 6.29 Å². The van der Waals surface area contributed by atoms with Crippen molar-refractivity contribution in [3.63, 3.8) is 0 Å². The van der Waals surface area contributed by atoms with E-state index in [9.17, 15) is 9.90 Å². The zero-order valence-electron chi connectivity index (χ0n) is 7.95. The van der Waals surface area contributed by atoms with Gasteiger partial charge in [-0.1, -0.05) is 13.8 Å². The Bertz CT molecular complexity index is 305. The fourth-order valence-electron chi connectivity index (χ4n) is 1.25. The lowest BCUT2D eigenvalue weighted by atomic mass is 9.97. The number of phenolic OH excluding ortho intramolecular Hbond substituents is 1. The summed E-state index contributed by atoms with van der Waals surface area (Å²) in [6, 6.07) is 5.00. The van der Waals surface area contributed by atoms with Crippen LogP contribution >= 0.6 is 0 Å². The van der Waals surface area contributed by atoms with Gasteiger partial charge in [0.15, 0.2) is 0 Å². The second kappa shape index (κ2) is 4.08. The molecule has 1 unspecified atom stereocenters. The Labute approximate surface area is 78.2 Å². The zero-order chi connectivity index (χ0) is 9.84. The molecule has 0 saturated carbocycles. The first-order valence-electron chi connectivity index (χ1n) is 4.46. The van der Waals surface area contributed by atoms with E-state index in [0.29, 0.717) is 11.5 Å². The van der Waals surface area contributed by atoms with Crippen LogP contribution in [0.1, 0.15) is 42.1 Å². The number of rotatable bonds is 3. The smallest absolute Gasteiger partial charge is 0.150 e. The fourth-order valence-corrected chi connectivity index (χ4v) is 1.25. The summed E-state index contributed by atoms with van der Waals surface area (Å²) in [6.45, 7) is 4.15.